The highest BCUT2D eigenvalue weighted by atomic mass is 19.1. The summed E-state index contributed by atoms with van der Waals surface area (Å²) in [5.41, 5.74) is 1.16. The normalized spacial score (nSPS) is 11.6. The molecular formula is C15H24FNO. The third-order valence-electron chi connectivity index (χ3n) is 2.63. The molecule has 1 N–H and O–H groups in total. The molecule has 2 nitrogen and oxygen atoms in total. The van der Waals surface area contributed by atoms with Crippen LogP contribution in [0.1, 0.15) is 39.7 Å². The van der Waals surface area contributed by atoms with Gasteiger partial charge in [0.1, 0.15) is 11.6 Å². The van der Waals surface area contributed by atoms with Crippen molar-refractivity contribution in [3.8, 4) is 5.75 Å². The molecule has 0 aromatic heterocycles. The highest BCUT2D eigenvalue weighted by Crippen LogP contribution is 2.21. The topological polar surface area (TPSA) is 21.3 Å². The van der Waals surface area contributed by atoms with Crippen molar-refractivity contribution >= 4 is 0 Å². The Kier molecular flexibility index (Phi) is 5.60. The second-order valence-corrected chi connectivity index (χ2v) is 5.73. The van der Waals surface area contributed by atoms with Crippen LogP contribution >= 0.6 is 0 Å². The lowest BCUT2D eigenvalue weighted by atomic mass is 9.93. The summed E-state index contributed by atoms with van der Waals surface area (Å²) in [5.74, 6) is 0.378. The van der Waals surface area contributed by atoms with Gasteiger partial charge in [0.15, 0.2) is 0 Å². The van der Waals surface area contributed by atoms with Crippen molar-refractivity contribution in [1.29, 1.82) is 0 Å². The van der Waals surface area contributed by atoms with Gasteiger partial charge in [-0.25, -0.2) is 4.39 Å². The SMILES string of the molecule is CCNCc1cc(F)cc(OCCC(C)(C)C)c1. The van der Waals surface area contributed by atoms with Crippen LogP contribution in [0.5, 0.6) is 5.75 Å². The lowest BCUT2D eigenvalue weighted by Crippen LogP contribution is -2.13. The van der Waals surface area contributed by atoms with E-state index in [1.807, 2.05) is 13.0 Å². The minimum atomic E-state index is -0.240. The smallest absolute Gasteiger partial charge is 0.127 e. The molecule has 3 heteroatoms. The summed E-state index contributed by atoms with van der Waals surface area (Å²) in [6.07, 6.45) is 0.950. The fourth-order valence-electron chi connectivity index (χ4n) is 1.55. The fourth-order valence-corrected chi connectivity index (χ4v) is 1.55. The second kappa shape index (κ2) is 6.74. The Morgan fingerprint density at radius 1 is 1.22 bits per heavy atom. The molecule has 0 amide bonds. The van der Waals surface area contributed by atoms with Crippen LogP contribution in [-0.2, 0) is 6.54 Å². The van der Waals surface area contributed by atoms with Crippen molar-refractivity contribution in [2.75, 3.05) is 13.2 Å². The van der Waals surface area contributed by atoms with Gasteiger partial charge in [-0.3, -0.25) is 0 Å². The molecule has 0 bridgehead atoms. The average molecular weight is 253 g/mol. The Bertz CT molecular complexity index is 371. The van der Waals surface area contributed by atoms with Gasteiger partial charge >= 0.3 is 0 Å². The van der Waals surface area contributed by atoms with Crippen LogP contribution in [0.25, 0.3) is 0 Å². The third kappa shape index (κ3) is 6.01. The van der Waals surface area contributed by atoms with Crippen LogP contribution in [0.4, 0.5) is 4.39 Å². The van der Waals surface area contributed by atoms with E-state index in [0.717, 1.165) is 18.5 Å². The van der Waals surface area contributed by atoms with E-state index in [1.165, 1.54) is 6.07 Å². The summed E-state index contributed by atoms with van der Waals surface area (Å²) in [4.78, 5) is 0. The molecule has 0 aliphatic heterocycles. The van der Waals surface area contributed by atoms with Gasteiger partial charge in [-0.15, -0.1) is 0 Å². The van der Waals surface area contributed by atoms with Crippen LogP contribution in [0, 0.1) is 11.2 Å². The van der Waals surface area contributed by atoms with E-state index in [9.17, 15) is 4.39 Å². The summed E-state index contributed by atoms with van der Waals surface area (Å²) in [5, 5.41) is 3.18. The zero-order valence-electron chi connectivity index (χ0n) is 11.8. The maximum atomic E-state index is 13.4. The van der Waals surface area contributed by atoms with Gasteiger partial charge in [0.25, 0.3) is 0 Å². The minimum absolute atomic E-state index is 0.236. The Morgan fingerprint density at radius 2 is 1.94 bits per heavy atom. The summed E-state index contributed by atoms with van der Waals surface area (Å²) in [6, 6.07) is 4.88. The van der Waals surface area contributed by atoms with E-state index in [0.29, 0.717) is 18.9 Å². The Hall–Kier alpha value is -1.09. The molecule has 0 heterocycles. The van der Waals surface area contributed by atoms with E-state index in [1.54, 1.807) is 6.07 Å². The van der Waals surface area contributed by atoms with E-state index in [-0.39, 0.29) is 11.2 Å². The highest BCUT2D eigenvalue weighted by molar-refractivity contribution is 5.29. The molecule has 0 atom stereocenters. The van der Waals surface area contributed by atoms with Gasteiger partial charge < -0.3 is 10.1 Å². The number of ether oxygens (including phenoxy) is 1. The first-order valence-corrected chi connectivity index (χ1v) is 6.54. The van der Waals surface area contributed by atoms with Crippen molar-refractivity contribution in [3.63, 3.8) is 0 Å². The van der Waals surface area contributed by atoms with Gasteiger partial charge in [-0.1, -0.05) is 27.7 Å². The van der Waals surface area contributed by atoms with Gasteiger partial charge in [0, 0.05) is 12.6 Å². The van der Waals surface area contributed by atoms with E-state index in [2.05, 4.69) is 26.1 Å². The maximum Gasteiger partial charge on any atom is 0.127 e. The molecule has 1 aromatic carbocycles. The lowest BCUT2D eigenvalue weighted by molar-refractivity contribution is 0.242. The van der Waals surface area contributed by atoms with Crippen LogP contribution < -0.4 is 10.1 Å². The molecule has 1 rings (SSSR count). The molecule has 0 aliphatic carbocycles. The number of benzene rings is 1. The first-order chi connectivity index (χ1) is 8.40. The molecule has 0 unspecified atom stereocenters. The number of halogens is 1. The van der Waals surface area contributed by atoms with Crippen molar-refractivity contribution in [2.45, 2.75) is 40.7 Å². The number of hydrogen-bond acceptors (Lipinski definition) is 2. The Balaban J connectivity index is 2.57. The summed E-state index contributed by atoms with van der Waals surface area (Å²) >= 11 is 0. The Morgan fingerprint density at radius 3 is 2.56 bits per heavy atom. The van der Waals surface area contributed by atoms with E-state index in [4.69, 9.17) is 4.74 Å². The number of rotatable bonds is 6. The van der Waals surface area contributed by atoms with E-state index >= 15 is 0 Å². The quantitative estimate of drug-likeness (QED) is 0.833. The maximum absolute atomic E-state index is 13.4. The summed E-state index contributed by atoms with van der Waals surface area (Å²) < 4.78 is 19.0. The molecule has 0 spiro atoms. The monoisotopic (exact) mass is 253 g/mol. The van der Waals surface area contributed by atoms with Crippen molar-refractivity contribution < 1.29 is 9.13 Å². The van der Waals surface area contributed by atoms with Crippen LogP contribution in [0.2, 0.25) is 0 Å². The molecule has 18 heavy (non-hydrogen) atoms. The van der Waals surface area contributed by atoms with Gasteiger partial charge in [0.2, 0.25) is 0 Å². The predicted molar refractivity (Wildman–Crippen MR) is 73.3 cm³/mol. The van der Waals surface area contributed by atoms with Crippen molar-refractivity contribution in [2.24, 2.45) is 5.41 Å². The summed E-state index contributed by atoms with van der Waals surface area (Å²) in [6.45, 7) is 10.7. The molecule has 0 radical (unpaired) electrons. The van der Waals surface area contributed by atoms with E-state index < -0.39 is 0 Å². The molecule has 0 aliphatic rings. The first-order valence-electron chi connectivity index (χ1n) is 6.54. The minimum Gasteiger partial charge on any atom is -0.493 e. The van der Waals surface area contributed by atoms with Crippen LogP contribution in [-0.4, -0.2) is 13.2 Å². The van der Waals surface area contributed by atoms with Crippen molar-refractivity contribution in [1.82, 2.24) is 5.32 Å². The third-order valence-corrected chi connectivity index (χ3v) is 2.63. The zero-order chi connectivity index (χ0) is 13.6. The molecule has 102 valence electrons. The first kappa shape index (κ1) is 15.0. The fraction of sp³-hybridized carbons (Fsp3) is 0.600. The average Bonchev–Trinajstić information content (AvgIpc) is 2.24. The van der Waals surface area contributed by atoms with Crippen molar-refractivity contribution in [3.05, 3.63) is 29.6 Å². The lowest BCUT2D eigenvalue weighted by Gasteiger charge is -2.18. The Labute approximate surface area is 110 Å². The number of hydrogen-bond donors (Lipinski definition) is 1. The summed E-state index contributed by atoms with van der Waals surface area (Å²) in [7, 11) is 0. The molecule has 0 fully saturated rings. The molecule has 0 saturated heterocycles. The van der Waals surface area contributed by atoms with Crippen LogP contribution in [0.15, 0.2) is 18.2 Å². The van der Waals surface area contributed by atoms with Crippen LogP contribution in [0.3, 0.4) is 0 Å². The largest absolute Gasteiger partial charge is 0.493 e. The molecule has 0 saturated carbocycles. The van der Waals surface area contributed by atoms with Gasteiger partial charge in [-0.2, -0.15) is 0 Å². The number of nitrogens with one attached hydrogen (secondary N) is 1. The van der Waals surface area contributed by atoms with Gasteiger partial charge in [-0.05, 0) is 36.1 Å². The molecule has 1 aromatic rings. The highest BCUT2D eigenvalue weighted by Gasteiger charge is 2.10. The predicted octanol–water partition coefficient (Wildman–Crippen LogP) is 3.75. The second-order valence-electron chi connectivity index (χ2n) is 5.73. The van der Waals surface area contributed by atoms with Gasteiger partial charge in [0.05, 0.1) is 6.61 Å². The standard InChI is InChI=1S/C15H24FNO/c1-5-17-11-12-8-13(16)10-14(9-12)18-7-6-15(2,3)4/h8-10,17H,5-7,11H2,1-4H3. The molecular weight excluding hydrogens is 229 g/mol. The zero-order valence-corrected chi connectivity index (χ0v) is 11.8.